The van der Waals surface area contributed by atoms with E-state index >= 15 is 0 Å². The molecule has 0 saturated carbocycles. The molecule has 0 atom stereocenters. The summed E-state index contributed by atoms with van der Waals surface area (Å²) < 4.78 is 0. The highest BCUT2D eigenvalue weighted by molar-refractivity contribution is 6.31. The Morgan fingerprint density at radius 2 is 1.52 bits per heavy atom. The minimum atomic E-state index is -1.56. The number of hydrogen-bond acceptors (Lipinski definition) is 4. The van der Waals surface area contributed by atoms with Crippen molar-refractivity contribution < 1.29 is 9.59 Å². The highest BCUT2D eigenvalue weighted by Gasteiger charge is 2.36. The third-order valence-electron chi connectivity index (χ3n) is 3.12. The number of aryl methyl sites for hydroxylation is 1. The molecule has 21 heavy (non-hydrogen) atoms. The topological polar surface area (TPSA) is 58.9 Å². The average molecular weight is 299 g/mol. The third kappa shape index (κ3) is 2.83. The standard InChI is InChI=1S/C16H11ClN2O2/c1-12-6-8-13(9-7-12)16(18-10-20,19-11-21)14-4-2-3-5-15(14)17/h2-9H,1H3. The quantitative estimate of drug-likeness (QED) is 0.640. The van der Waals surface area contributed by atoms with Crippen molar-refractivity contribution in [1.29, 1.82) is 0 Å². The van der Waals surface area contributed by atoms with Gasteiger partial charge in [0.1, 0.15) is 0 Å². The molecule has 5 heteroatoms. The minimum absolute atomic E-state index is 0.344. The second-order valence-electron chi connectivity index (χ2n) is 4.42. The van der Waals surface area contributed by atoms with Crippen molar-refractivity contribution in [3.8, 4) is 0 Å². The second-order valence-corrected chi connectivity index (χ2v) is 4.83. The highest BCUT2D eigenvalue weighted by Crippen LogP contribution is 2.38. The van der Waals surface area contributed by atoms with Gasteiger partial charge >= 0.3 is 0 Å². The number of nitrogens with zero attached hydrogens (tertiary/aromatic N) is 2. The molecule has 0 aromatic heterocycles. The zero-order chi connectivity index (χ0) is 15.3. The van der Waals surface area contributed by atoms with E-state index in [1.165, 1.54) is 12.2 Å². The van der Waals surface area contributed by atoms with Gasteiger partial charge in [0.2, 0.25) is 17.8 Å². The molecule has 2 aromatic rings. The molecule has 0 aliphatic heterocycles. The first kappa shape index (κ1) is 14.9. The first-order chi connectivity index (χ1) is 10.1. The minimum Gasteiger partial charge on any atom is -0.211 e. The predicted molar refractivity (Wildman–Crippen MR) is 79.7 cm³/mol. The maximum Gasteiger partial charge on any atom is 0.238 e. The molecule has 2 rings (SSSR count). The summed E-state index contributed by atoms with van der Waals surface area (Å²) >= 11 is 6.18. The lowest BCUT2D eigenvalue weighted by Crippen LogP contribution is -2.23. The van der Waals surface area contributed by atoms with Crippen molar-refractivity contribution in [2.75, 3.05) is 0 Å². The van der Waals surface area contributed by atoms with Crippen LogP contribution in [0.3, 0.4) is 0 Å². The van der Waals surface area contributed by atoms with E-state index in [1.807, 2.05) is 19.1 Å². The molecule has 0 saturated heterocycles. The molecule has 104 valence electrons. The van der Waals surface area contributed by atoms with Gasteiger partial charge in [0.05, 0.1) is 0 Å². The molecule has 0 fully saturated rings. The van der Waals surface area contributed by atoms with Gasteiger partial charge in [-0.15, -0.1) is 0 Å². The van der Waals surface area contributed by atoms with Gasteiger partial charge in [-0.05, 0) is 13.0 Å². The van der Waals surface area contributed by atoms with Crippen LogP contribution in [0.2, 0.25) is 5.02 Å². The van der Waals surface area contributed by atoms with E-state index < -0.39 is 5.66 Å². The Labute approximate surface area is 126 Å². The maximum atomic E-state index is 10.9. The molecule has 0 amide bonds. The van der Waals surface area contributed by atoms with Crippen LogP contribution in [0, 0.1) is 6.92 Å². The molecular weight excluding hydrogens is 288 g/mol. The first-order valence-electron chi connectivity index (χ1n) is 6.14. The van der Waals surface area contributed by atoms with Crippen LogP contribution in [0.15, 0.2) is 58.5 Å². The number of aliphatic imine (C=N–C) groups is 2. The van der Waals surface area contributed by atoms with Crippen molar-refractivity contribution in [1.82, 2.24) is 0 Å². The normalized spacial score (nSPS) is 12.7. The molecule has 2 aromatic carbocycles. The summed E-state index contributed by atoms with van der Waals surface area (Å²) in [4.78, 5) is 29.3. The monoisotopic (exact) mass is 298 g/mol. The lowest BCUT2D eigenvalue weighted by atomic mass is 9.91. The molecule has 0 aliphatic carbocycles. The summed E-state index contributed by atoms with van der Waals surface area (Å²) in [5.41, 5.74) is 0.419. The van der Waals surface area contributed by atoms with E-state index in [4.69, 9.17) is 11.6 Å². The van der Waals surface area contributed by atoms with Gasteiger partial charge in [0.15, 0.2) is 0 Å². The Morgan fingerprint density at radius 3 is 2.05 bits per heavy atom. The van der Waals surface area contributed by atoms with Crippen LogP contribution in [0.4, 0.5) is 0 Å². The van der Waals surface area contributed by atoms with E-state index in [1.54, 1.807) is 36.4 Å². The molecule has 0 radical (unpaired) electrons. The number of benzene rings is 2. The van der Waals surface area contributed by atoms with Crippen LogP contribution in [0.25, 0.3) is 0 Å². The Balaban J connectivity index is 2.81. The van der Waals surface area contributed by atoms with E-state index in [0.29, 0.717) is 16.1 Å². The SMILES string of the molecule is Cc1ccc(C(N=C=O)(N=C=O)c2ccccc2Cl)cc1. The van der Waals surface area contributed by atoms with Gasteiger partial charge in [-0.2, -0.15) is 9.98 Å². The van der Waals surface area contributed by atoms with Crippen molar-refractivity contribution in [2.45, 2.75) is 12.6 Å². The van der Waals surface area contributed by atoms with Crippen LogP contribution >= 0.6 is 11.6 Å². The number of rotatable bonds is 4. The summed E-state index contributed by atoms with van der Waals surface area (Å²) in [5.74, 6) is 0. The summed E-state index contributed by atoms with van der Waals surface area (Å²) in [7, 11) is 0. The van der Waals surface area contributed by atoms with Gasteiger partial charge < -0.3 is 0 Å². The third-order valence-corrected chi connectivity index (χ3v) is 3.45. The smallest absolute Gasteiger partial charge is 0.211 e. The predicted octanol–water partition coefficient (Wildman–Crippen LogP) is 3.52. The van der Waals surface area contributed by atoms with Crippen LogP contribution in [-0.4, -0.2) is 12.2 Å². The fraction of sp³-hybridized carbons (Fsp3) is 0.125. The lowest BCUT2D eigenvalue weighted by Gasteiger charge is -2.24. The van der Waals surface area contributed by atoms with E-state index in [9.17, 15) is 9.59 Å². The number of hydrogen-bond donors (Lipinski definition) is 0. The van der Waals surface area contributed by atoms with Gasteiger partial charge in [0.25, 0.3) is 0 Å². The average Bonchev–Trinajstić information content (AvgIpc) is 2.48. The molecular formula is C16H11ClN2O2. The van der Waals surface area contributed by atoms with Gasteiger partial charge in [-0.3, -0.25) is 0 Å². The van der Waals surface area contributed by atoms with Gasteiger partial charge in [0, 0.05) is 16.1 Å². The van der Waals surface area contributed by atoms with E-state index in [2.05, 4.69) is 9.98 Å². The second kappa shape index (κ2) is 6.29. The highest BCUT2D eigenvalue weighted by atomic mass is 35.5. The summed E-state index contributed by atoms with van der Waals surface area (Å²) in [6.07, 6.45) is 2.95. The fourth-order valence-electron chi connectivity index (χ4n) is 2.09. The molecule has 0 unspecified atom stereocenters. The van der Waals surface area contributed by atoms with Crippen LogP contribution < -0.4 is 0 Å². The van der Waals surface area contributed by atoms with Crippen molar-refractivity contribution in [3.63, 3.8) is 0 Å². The van der Waals surface area contributed by atoms with Gasteiger partial charge in [-0.25, -0.2) is 9.59 Å². The molecule has 0 heterocycles. The van der Waals surface area contributed by atoms with Crippen molar-refractivity contribution in [3.05, 3.63) is 70.2 Å². The summed E-state index contributed by atoms with van der Waals surface area (Å²) in [6, 6.07) is 13.9. The largest absolute Gasteiger partial charge is 0.238 e. The lowest BCUT2D eigenvalue weighted by molar-refractivity contribution is 0.516. The summed E-state index contributed by atoms with van der Waals surface area (Å²) in [6.45, 7) is 1.92. The van der Waals surface area contributed by atoms with Crippen LogP contribution in [0.5, 0.6) is 0 Å². The number of halogens is 1. The van der Waals surface area contributed by atoms with Crippen LogP contribution in [-0.2, 0) is 15.3 Å². The Morgan fingerprint density at radius 1 is 0.952 bits per heavy atom. The van der Waals surface area contributed by atoms with Crippen molar-refractivity contribution >= 4 is 23.8 Å². The molecule has 0 spiro atoms. The first-order valence-corrected chi connectivity index (χ1v) is 6.52. The maximum absolute atomic E-state index is 10.9. The van der Waals surface area contributed by atoms with Gasteiger partial charge in [-0.1, -0.05) is 59.6 Å². The van der Waals surface area contributed by atoms with E-state index in [0.717, 1.165) is 5.56 Å². The molecule has 0 bridgehead atoms. The molecule has 4 nitrogen and oxygen atoms in total. The Bertz CT molecular complexity index is 725. The van der Waals surface area contributed by atoms with Crippen LogP contribution in [0.1, 0.15) is 16.7 Å². The zero-order valence-corrected chi connectivity index (χ0v) is 12.0. The molecule has 0 aliphatic rings. The van der Waals surface area contributed by atoms with E-state index in [-0.39, 0.29) is 0 Å². The van der Waals surface area contributed by atoms with Crippen molar-refractivity contribution in [2.24, 2.45) is 9.98 Å². The summed E-state index contributed by atoms with van der Waals surface area (Å²) in [5, 5.41) is 0.344. The Kier molecular flexibility index (Phi) is 4.46. The number of isocyanates is 2. The zero-order valence-electron chi connectivity index (χ0n) is 11.2. The number of carbonyl (C=O) groups excluding carboxylic acids is 2. The molecule has 0 N–H and O–H groups in total. The Hall–Kier alpha value is -2.51. The fourth-order valence-corrected chi connectivity index (χ4v) is 2.36.